The lowest BCUT2D eigenvalue weighted by molar-refractivity contribution is -0.141. The molecule has 5 rings (SSSR count). The second-order valence-corrected chi connectivity index (χ2v) is 10.4. The van der Waals surface area contributed by atoms with Gasteiger partial charge in [0.25, 0.3) is 0 Å². The number of hydrogen-bond acceptors (Lipinski definition) is 9. The molecule has 238 valence electrons. The Labute approximate surface area is 252 Å². The van der Waals surface area contributed by atoms with Crippen LogP contribution in [0.3, 0.4) is 0 Å². The molecule has 1 aliphatic heterocycles. The van der Waals surface area contributed by atoms with Crippen LogP contribution in [0.5, 0.6) is 11.6 Å². The van der Waals surface area contributed by atoms with Gasteiger partial charge in [-0.3, -0.25) is 9.19 Å². The maximum atomic E-state index is 15.4. The molecule has 0 spiro atoms. The molecule has 0 bridgehead atoms. The van der Waals surface area contributed by atoms with Crippen molar-refractivity contribution in [2.75, 3.05) is 18.4 Å². The first-order valence-corrected chi connectivity index (χ1v) is 14.1. The summed E-state index contributed by atoms with van der Waals surface area (Å²) in [6.07, 6.45) is -2.47. The van der Waals surface area contributed by atoms with E-state index in [2.05, 4.69) is 30.6 Å². The zero-order chi connectivity index (χ0) is 32.3. The van der Waals surface area contributed by atoms with Gasteiger partial charge in [0.1, 0.15) is 17.7 Å². The van der Waals surface area contributed by atoms with E-state index < -0.39 is 69.7 Å². The zero-order valence-corrected chi connectivity index (χ0v) is 23.4. The van der Waals surface area contributed by atoms with Gasteiger partial charge >= 0.3 is 6.18 Å². The fourth-order valence-corrected chi connectivity index (χ4v) is 5.04. The number of anilines is 1. The van der Waals surface area contributed by atoms with Gasteiger partial charge in [0.2, 0.25) is 17.6 Å². The summed E-state index contributed by atoms with van der Waals surface area (Å²) >= 11 is -3.20. The lowest BCUT2D eigenvalue weighted by Gasteiger charge is -2.26. The van der Waals surface area contributed by atoms with Crippen molar-refractivity contribution in [2.45, 2.75) is 30.9 Å². The van der Waals surface area contributed by atoms with Gasteiger partial charge in [-0.1, -0.05) is 6.07 Å². The summed E-state index contributed by atoms with van der Waals surface area (Å²) < 4.78 is 129. The Bertz CT molecular complexity index is 1700. The van der Waals surface area contributed by atoms with Crippen molar-refractivity contribution in [2.24, 2.45) is 0 Å². The van der Waals surface area contributed by atoms with Gasteiger partial charge in [-0.2, -0.15) is 17.6 Å². The molecule has 2 unspecified atom stereocenters. The number of benzene rings is 1. The van der Waals surface area contributed by atoms with Crippen molar-refractivity contribution < 1.29 is 44.2 Å². The van der Waals surface area contributed by atoms with Crippen LogP contribution in [-0.2, 0) is 17.4 Å². The van der Waals surface area contributed by atoms with Crippen LogP contribution in [0.25, 0.3) is 11.3 Å². The van der Waals surface area contributed by atoms with Crippen molar-refractivity contribution in [1.29, 1.82) is 0 Å². The van der Waals surface area contributed by atoms with Gasteiger partial charge in [0.05, 0.1) is 17.3 Å². The first-order valence-electron chi connectivity index (χ1n) is 13.0. The van der Waals surface area contributed by atoms with Gasteiger partial charge in [-0.05, 0) is 29.8 Å². The van der Waals surface area contributed by atoms with Gasteiger partial charge in [-0.25, -0.2) is 32.8 Å². The summed E-state index contributed by atoms with van der Waals surface area (Å²) in [5.74, 6) is -6.28. The van der Waals surface area contributed by atoms with E-state index in [-0.39, 0.29) is 42.1 Å². The average Bonchev–Trinajstić information content (AvgIpc) is 2.99. The summed E-state index contributed by atoms with van der Waals surface area (Å²) in [4.78, 5) is 15.7. The van der Waals surface area contributed by atoms with Crippen LogP contribution in [-0.4, -0.2) is 54.0 Å². The first kappa shape index (κ1) is 32.1. The molecule has 4 heterocycles. The molecule has 18 heteroatoms. The summed E-state index contributed by atoms with van der Waals surface area (Å²) in [6.45, 7) is 0.702. The SMILES string of the molecule is O=S([O-])NC(c1ccc(C(F)(F)F)nc1)c1c(F)cc(Oc2ncccc2-c2ccnc(N[C@@H]3CNC[C@@H](F)C3)n2)c(F)c1F. The highest BCUT2D eigenvalue weighted by Gasteiger charge is 2.34. The minimum absolute atomic E-state index is 0.142. The molecular formula is C27H21F7N7O3S-. The highest BCUT2D eigenvalue weighted by atomic mass is 32.2. The number of piperidine rings is 1. The maximum absolute atomic E-state index is 15.4. The van der Waals surface area contributed by atoms with Crippen LogP contribution in [0.1, 0.15) is 29.3 Å². The molecule has 0 aliphatic carbocycles. The van der Waals surface area contributed by atoms with E-state index in [0.717, 1.165) is 6.07 Å². The Morgan fingerprint density at radius 1 is 1.04 bits per heavy atom. The third-order valence-electron chi connectivity index (χ3n) is 6.61. The van der Waals surface area contributed by atoms with E-state index in [1.165, 1.54) is 30.6 Å². The Hall–Kier alpha value is -4.26. The number of aromatic nitrogens is 4. The quantitative estimate of drug-likeness (QED) is 0.133. The number of halogens is 7. The summed E-state index contributed by atoms with van der Waals surface area (Å²) in [7, 11) is 0. The molecule has 3 aromatic heterocycles. The first-order chi connectivity index (χ1) is 21.4. The van der Waals surface area contributed by atoms with Gasteiger partial charge in [0.15, 0.2) is 11.6 Å². The lowest BCUT2D eigenvalue weighted by Crippen LogP contribution is -2.44. The highest BCUT2D eigenvalue weighted by Crippen LogP contribution is 2.37. The van der Waals surface area contributed by atoms with E-state index in [4.69, 9.17) is 4.74 Å². The van der Waals surface area contributed by atoms with Gasteiger partial charge in [-0.15, -0.1) is 0 Å². The van der Waals surface area contributed by atoms with Gasteiger partial charge in [0, 0.05) is 67.0 Å². The molecule has 1 fully saturated rings. The van der Waals surface area contributed by atoms with Crippen LogP contribution in [0, 0.1) is 17.5 Å². The standard InChI is InChI=1S/C27H22F7N7O3S/c28-14-8-15(12-35-11-14)39-26-37-7-5-18(40-26)16-2-1-6-36-25(16)44-19-9-17(29)21(23(31)22(19)30)24(41-45(42)43)13-3-4-20(38-10-13)27(32,33)34/h1-7,9-10,14-15,24,35,41H,8,11-12H2,(H,42,43)(H,37,39,40)/p-1/t14-,15-,24?/m0/s1. The Balaban J connectivity index is 1.45. The number of nitrogens with one attached hydrogen (secondary N) is 3. The highest BCUT2D eigenvalue weighted by molar-refractivity contribution is 7.77. The van der Waals surface area contributed by atoms with E-state index >= 15 is 13.2 Å². The van der Waals surface area contributed by atoms with E-state index in [9.17, 15) is 26.3 Å². The average molecular weight is 657 g/mol. The van der Waals surface area contributed by atoms with E-state index in [0.29, 0.717) is 24.9 Å². The molecule has 3 N–H and O–H groups in total. The van der Waals surface area contributed by atoms with E-state index in [1.807, 2.05) is 0 Å². The molecule has 4 aromatic rings. The minimum atomic E-state index is -4.84. The normalized spacial score (nSPS) is 18.3. The maximum Gasteiger partial charge on any atom is 0.433 e. The van der Waals surface area contributed by atoms with Gasteiger partial charge < -0.3 is 19.9 Å². The Kier molecular flexibility index (Phi) is 9.56. The molecule has 10 nitrogen and oxygen atoms in total. The molecule has 4 atom stereocenters. The summed E-state index contributed by atoms with van der Waals surface area (Å²) in [5.41, 5.74) is -2.54. The molecule has 0 radical (unpaired) electrons. The van der Waals surface area contributed by atoms with Crippen molar-refractivity contribution in [3.05, 3.63) is 89.3 Å². The number of pyridine rings is 2. The Morgan fingerprint density at radius 2 is 1.84 bits per heavy atom. The minimum Gasteiger partial charge on any atom is -0.760 e. The molecule has 45 heavy (non-hydrogen) atoms. The number of hydrogen-bond donors (Lipinski definition) is 3. The van der Waals surface area contributed by atoms with Crippen molar-refractivity contribution in [1.82, 2.24) is 30.0 Å². The largest absolute Gasteiger partial charge is 0.760 e. The predicted octanol–water partition coefficient (Wildman–Crippen LogP) is 4.75. The number of rotatable bonds is 9. The molecule has 1 aromatic carbocycles. The third kappa shape index (κ3) is 7.52. The number of nitrogens with zero attached hydrogens (tertiary/aromatic N) is 4. The number of alkyl halides is 4. The van der Waals surface area contributed by atoms with E-state index in [1.54, 1.807) is 4.72 Å². The van der Waals surface area contributed by atoms with Crippen molar-refractivity contribution in [3.8, 4) is 22.9 Å². The molecular weight excluding hydrogens is 635 g/mol. The third-order valence-corrected chi connectivity index (χ3v) is 7.04. The fourth-order valence-electron chi connectivity index (χ4n) is 4.59. The van der Waals surface area contributed by atoms with Crippen molar-refractivity contribution >= 4 is 17.2 Å². The van der Waals surface area contributed by atoms with Crippen LogP contribution < -0.4 is 20.1 Å². The Morgan fingerprint density at radius 3 is 2.53 bits per heavy atom. The molecule has 0 saturated carbocycles. The predicted molar refractivity (Wildman–Crippen MR) is 145 cm³/mol. The number of ether oxygens (including phenoxy) is 1. The lowest BCUT2D eigenvalue weighted by atomic mass is 9.99. The fraction of sp³-hybridized carbons (Fsp3) is 0.259. The molecule has 1 saturated heterocycles. The second-order valence-electron chi connectivity index (χ2n) is 9.71. The molecule has 1 aliphatic rings. The molecule has 0 amide bonds. The summed E-state index contributed by atoms with van der Waals surface area (Å²) in [6, 6.07) is 3.79. The monoisotopic (exact) mass is 656 g/mol. The van der Waals surface area contributed by atoms with Crippen molar-refractivity contribution in [3.63, 3.8) is 0 Å². The van der Waals surface area contributed by atoms with Crippen LogP contribution in [0.15, 0.2) is 55.0 Å². The van der Waals surface area contributed by atoms with Crippen LogP contribution in [0.2, 0.25) is 0 Å². The van der Waals surface area contributed by atoms with Crippen LogP contribution >= 0.6 is 0 Å². The summed E-state index contributed by atoms with van der Waals surface area (Å²) in [5, 5.41) is 5.95. The van der Waals surface area contributed by atoms with Crippen LogP contribution in [0.4, 0.5) is 36.7 Å². The topological polar surface area (TPSA) is 137 Å². The second kappa shape index (κ2) is 13.4. The zero-order valence-electron chi connectivity index (χ0n) is 22.6. The smallest absolute Gasteiger partial charge is 0.433 e.